The second-order valence-corrected chi connectivity index (χ2v) is 6.49. The lowest BCUT2D eigenvalue weighted by atomic mass is 10.0. The molecule has 0 heterocycles. The normalized spacial score (nSPS) is 14.8. The first-order valence-electron chi connectivity index (χ1n) is 5.89. The molecule has 0 saturated carbocycles. The summed E-state index contributed by atoms with van der Waals surface area (Å²) < 4.78 is 39.2. The number of benzene rings is 1. The van der Waals surface area contributed by atoms with Crippen molar-refractivity contribution >= 4 is 27.6 Å². The highest BCUT2D eigenvalue weighted by molar-refractivity contribution is 7.89. The van der Waals surface area contributed by atoms with Crippen LogP contribution in [0.15, 0.2) is 23.1 Å². The quantitative estimate of drug-likeness (QED) is 0.841. The van der Waals surface area contributed by atoms with Crippen molar-refractivity contribution in [1.29, 1.82) is 0 Å². The molecule has 8 heteroatoms. The average Bonchev–Trinajstić information content (AvgIpc) is 2.34. The van der Waals surface area contributed by atoms with Gasteiger partial charge in [-0.1, -0.05) is 31.9 Å². The highest BCUT2D eigenvalue weighted by Gasteiger charge is 2.30. The van der Waals surface area contributed by atoms with Gasteiger partial charge < -0.3 is 5.11 Å². The lowest BCUT2D eigenvalue weighted by Gasteiger charge is -2.20. The Hall–Kier alpha value is -1.18. The van der Waals surface area contributed by atoms with Crippen LogP contribution in [0.2, 0.25) is 5.02 Å². The molecule has 112 valence electrons. The fraction of sp³-hybridized carbons (Fsp3) is 0.417. The minimum atomic E-state index is -4.14. The molecular weight excluding hydrogens is 309 g/mol. The Morgan fingerprint density at radius 1 is 1.50 bits per heavy atom. The fourth-order valence-electron chi connectivity index (χ4n) is 1.57. The van der Waals surface area contributed by atoms with Crippen LogP contribution in [0, 0.1) is 11.7 Å². The lowest BCUT2D eigenvalue weighted by molar-refractivity contribution is -0.140. The molecule has 1 rings (SSSR count). The van der Waals surface area contributed by atoms with E-state index in [0.29, 0.717) is 6.42 Å². The molecule has 0 amide bonds. The van der Waals surface area contributed by atoms with Crippen LogP contribution in [-0.4, -0.2) is 25.5 Å². The third kappa shape index (κ3) is 3.91. The number of nitrogens with one attached hydrogen (secondary N) is 1. The smallest absolute Gasteiger partial charge is 0.322 e. The van der Waals surface area contributed by atoms with Crippen molar-refractivity contribution in [3.05, 3.63) is 29.0 Å². The van der Waals surface area contributed by atoms with Crippen molar-refractivity contribution in [3.8, 4) is 0 Å². The largest absolute Gasteiger partial charge is 0.480 e. The van der Waals surface area contributed by atoms with Crippen LogP contribution in [0.4, 0.5) is 4.39 Å². The van der Waals surface area contributed by atoms with E-state index in [-0.39, 0.29) is 9.92 Å². The number of rotatable bonds is 6. The number of halogens is 2. The van der Waals surface area contributed by atoms with Gasteiger partial charge in [0.2, 0.25) is 10.0 Å². The fourth-order valence-corrected chi connectivity index (χ4v) is 3.40. The zero-order chi connectivity index (χ0) is 15.5. The van der Waals surface area contributed by atoms with Crippen LogP contribution < -0.4 is 4.72 Å². The molecule has 0 spiro atoms. The SMILES string of the molecule is CC[C@H](C)[C@H](NS(=O)(=O)c1ccc(F)cc1Cl)C(=O)O. The van der Waals surface area contributed by atoms with Gasteiger partial charge >= 0.3 is 5.97 Å². The summed E-state index contributed by atoms with van der Waals surface area (Å²) in [6, 6.07) is 1.52. The Balaban J connectivity index is 3.13. The molecule has 0 aliphatic carbocycles. The maximum absolute atomic E-state index is 12.9. The molecule has 0 fully saturated rings. The van der Waals surface area contributed by atoms with E-state index in [9.17, 15) is 17.6 Å². The lowest BCUT2D eigenvalue weighted by Crippen LogP contribution is -2.44. The van der Waals surface area contributed by atoms with Crippen LogP contribution in [0.25, 0.3) is 0 Å². The number of sulfonamides is 1. The van der Waals surface area contributed by atoms with Gasteiger partial charge in [-0.25, -0.2) is 12.8 Å². The van der Waals surface area contributed by atoms with Crippen LogP contribution in [0.1, 0.15) is 20.3 Å². The number of carbonyl (C=O) groups is 1. The Labute approximate surface area is 121 Å². The van der Waals surface area contributed by atoms with Crippen molar-refractivity contribution in [2.24, 2.45) is 5.92 Å². The van der Waals surface area contributed by atoms with Gasteiger partial charge in [0, 0.05) is 0 Å². The minimum absolute atomic E-state index is 0.300. The highest BCUT2D eigenvalue weighted by Crippen LogP contribution is 2.23. The molecule has 1 aromatic rings. The van der Waals surface area contributed by atoms with E-state index < -0.39 is 33.8 Å². The van der Waals surface area contributed by atoms with E-state index in [2.05, 4.69) is 4.72 Å². The van der Waals surface area contributed by atoms with Gasteiger partial charge in [0.25, 0.3) is 0 Å². The van der Waals surface area contributed by atoms with Crippen LogP contribution >= 0.6 is 11.6 Å². The van der Waals surface area contributed by atoms with Gasteiger partial charge in [0.05, 0.1) is 5.02 Å². The van der Waals surface area contributed by atoms with Gasteiger partial charge in [-0.05, 0) is 24.1 Å². The number of carboxylic acid groups (broad SMARTS) is 1. The summed E-state index contributed by atoms with van der Waals surface area (Å²) in [5.74, 6) is -2.35. The van der Waals surface area contributed by atoms with Gasteiger partial charge in [-0.15, -0.1) is 0 Å². The Kier molecular flexibility index (Phi) is 5.50. The molecular formula is C12H15ClFNO4S. The first-order valence-corrected chi connectivity index (χ1v) is 7.75. The second kappa shape index (κ2) is 6.51. The summed E-state index contributed by atoms with van der Waals surface area (Å²) in [5, 5.41) is 8.78. The second-order valence-electron chi connectivity index (χ2n) is 4.40. The van der Waals surface area contributed by atoms with Crippen molar-refractivity contribution in [3.63, 3.8) is 0 Å². The molecule has 5 nitrogen and oxygen atoms in total. The Morgan fingerprint density at radius 2 is 2.10 bits per heavy atom. The van der Waals surface area contributed by atoms with E-state index in [0.717, 1.165) is 18.2 Å². The summed E-state index contributed by atoms with van der Waals surface area (Å²) >= 11 is 5.68. The monoisotopic (exact) mass is 323 g/mol. The predicted octanol–water partition coefficient (Wildman–Crippen LogP) is 2.26. The molecule has 0 bridgehead atoms. The molecule has 0 saturated heterocycles. The standard InChI is InChI=1S/C12H15ClFNO4S/c1-3-7(2)11(12(16)17)15-20(18,19)10-5-4-8(14)6-9(10)13/h4-7,11,15H,3H2,1-2H3,(H,16,17)/t7-,11-/m0/s1. The summed E-state index contributed by atoms with van der Waals surface area (Å²) in [6.45, 7) is 3.37. The maximum atomic E-state index is 12.9. The van der Waals surface area contributed by atoms with Crippen LogP contribution in [0.3, 0.4) is 0 Å². The first-order chi connectivity index (χ1) is 9.19. The molecule has 2 N–H and O–H groups in total. The summed E-state index contributed by atoms with van der Waals surface area (Å²) in [7, 11) is -4.14. The molecule has 20 heavy (non-hydrogen) atoms. The Morgan fingerprint density at radius 3 is 2.55 bits per heavy atom. The van der Waals surface area contributed by atoms with Gasteiger partial charge in [-0.3, -0.25) is 4.79 Å². The van der Waals surface area contributed by atoms with E-state index in [1.165, 1.54) is 0 Å². The molecule has 0 radical (unpaired) electrons. The number of hydrogen-bond donors (Lipinski definition) is 2. The maximum Gasteiger partial charge on any atom is 0.322 e. The third-order valence-corrected chi connectivity index (χ3v) is 4.87. The van der Waals surface area contributed by atoms with Crippen molar-refractivity contribution in [1.82, 2.24) is 4.72 Å². The molecule has 2 atom stereocenters. The van der Waals surface area contributed by atoms with E-state index in [4.69, 9.17) is 16.7 Å². The summed E-state index contributed by atoms with van der Waals surface area (Å²) in [5.41, 5.74) is 0. The highest BCUT2D eigenvalue weighted by atomic mass is 35.5. The van der Waals surface area contributed by atoms with Crippen molar-refractivity contribution in [2.45, 2.75) is 31.2 Å². The zero-order valence-corrected chi connectivity index (χ0v) is 12.5. The Bertz CT molecular complexity index is 605. The van der Waals surface area contributed by atoms with Gasteiger partial charge in [0.1, 0.15) is 16.8 Å². The molecule has 0 aliphatic rings. The molecule has 0 aromatic heterocycles. The third-order valence-electron chi connectivity index (χ3n) is 2.94. The molecule has 1 aromatic carbocycles. The van der Waals surface area contributed by atoms with Gasteiger partial charge in [0.15, 0.2) is 0 Å². The molecule has 0 unspecified atom stereocenters. The number of hydrogen-bond acceptors (Lipinski definition) is 3. The molecule has 0 aliphatic heterocycles. The topological polar surface area (TPSA) is 83.5 Å². The summed E-state index contributed by atoms with van der Waals surface area (Å²) in [6.07, 6.45) is 0.483. The zero-order valence-electron chi connectivity index (χ0n) is 10.9. The van der Waals surface area contributed by atoms with Crippen LogP contribution in [0.5, 0.6) is 0 Å². The van der Waals surface area contributed by atoms with Gasteiger partial charge in [-0.2, -0.15) is 4.72 Å². The van der Waals surface area contributed by atoms with Crippen molar-refractivity contribution in [2.75, 3.05) is 0 Å². The van der Waals surface area contributed by atoms with Crippen LogP contribution in [-0.2, 0) is 14.8 Å². The summed E-state index contributed by atoms with van der Waals surface area (Å²) in [4.78, 5) is 10.8. The predicted molar refractivity (Wildman–Crippen MR) is 72.6 cm³/mol. The van der Waals surface area contributed by atoms with E-state index >= 15 is 0 Å². The van der Waals surface area contributed by atoms with Crippen molar-refractivity contribution < 1.29 is 22.7 Å². The average molecular weight is 324 g/mol. The first kappa shape index (κ1) is 16.9. The minimum Gasteiger partial charge on any atom is -0.480 e. The number of aliphatic carboxylic acids is 1. The van der Waals surface area contributed by atoms with E-state index in [1.807, 2.05) is 0 Å². The van der Waals surface area contributed by atoms with E-state index in [1.54, 1.807) is 13.8 Å². The number of carboxylic acids is 1.